The fourth-order valence-electron chi connectivity index (χ4n) is 1.24. The van der Waals surface area contributed by atoms with Gasteiger partial charge < -0.3 is 4.55 Å². The second-order valence-corrected chi connectivity index (χ2v) is 6.10. The summed E-state index contributed by atoms with van der Waals surface area (Å²) in [6.07, 6.45) is 0. The first kappa shape index (κ1) is 30.7. The zero-order chi connectivity index (χ0) is 22.7. The van der Waals surface area contributed by atoms with Crippen LogP contribution in [0.5, 0.6) is 0 Å². The quantitative estimate of drug-likeness (QED) is 0.282. The first-order valence-corrected chi connectivity index (χ1v) is 6.88. The summed E-state index contributed by atoms with van der Waals surface area (Å²) in [7, 11) is -8.00. The van der Waals surface area contributed by atoms with Crippen molar-refractivity contribution >= 4 is 10.1 Å². The average Bonchev–Trinajstić information content (AvgIpc) is 2.44. The average molecular weight is 502 g/mol. The van der Waals surface area contributed by atoms with Crippen molar-refractivity contribution in [2.75, 3.05) is 6.67 Å². The standard InChI is InChI=1S/C8H3F15O3S.K/c9-1-2(10,11)3(12,13)4(14,15)5(16,17)6(18,19)7(20,21)8(22,23)27(24,25)26;/h1H2,(H,24,25,26);/q;+1/p-1. The summed E-state index contributed by atoms with van der Waals surface area (Å²) in [6, 6.07) is 0. The molecule has 0 heterocycles. The van der Waals surface area contributed by atoms with Crippen LogP contribution in [0.2, 0.25) is 0 Å². The minimum Gasteiger partial charge on any atom is -0.743 e. The van der Waals surface area contributed by atoms with Gasteiger partial charge in [0.05, 0.1) is 0 Å². The molecule has 0 unspecified atom stereocenters. The molecule has 0 saturated carbocycles. The molecule has 28 heavy (non-hydrogen) atoms. The molecule has 0 spiro atoms. The normalized spacial score (nSPS) is 16.0. The summed E-state index contributed by atoms with van der Waals surface area (Å²) >= 11 is 0. The van der Waals surface area contributed by atoms with Crippen molar-refractivity contribution in [3.63, 3.8) is 0 Å². The van der Waals surface area contributed by atoms with Gasteiger partial charge in [0.1, 0.15) is 0 Å². The van der Waals surface area contributed by atoms with Gasteiger partial charge in [-0.05, 0) is 0 Å². The summed E-state index contributed by atoms with van der Waals surface area (Å²) in [5, 5.41) is -7.79. The first-order chi connectivity index (χ1) is 11.3. The topological polar surface area (TPSA) is 57.2 Å². The smallest absolute Gasteiger partial charge is 0.743 e. The molecule has 0 aliphatic heterocycles. The molecule has 0 atom stereocenters. The van der Waals surface area contributed by atoms with E-state index >= 15 is 0 Å². The van der Waals surface area contributed by atoms with Gasteiger partial charge in [0, 0.05) is 0 Å². The largest absolute Gasteiger partial charge is 1.00 e. The molecule has 0 aromatic carbocycles. The number of alkyl halides is 15. The maximum atomic E-state index is 13.0. The maximum absolute atomic E-state index is 13.0. The number of hydrogen-bond acceptors (Lipinski definition) is 3. The van der Waals surface area contributed by atoms with Crippen molar-refractivity contribution in [1.82, 2.24) is 0 Å². The third-order valence-corrected chi connectivity index (χ3v) is 3.77. The van der Waals surface area contributed by atoms with Crippen molar-refractivity contribution in [1.29, 1.82) is 0 Å². The molecule has 0 bridgehead atoms. The molecule has 0 radical (unpaired) electrons. The van der Waals surface area contributed by atoms with Crippen molar-refractivity contribution in [3.8, 4) is 0 Å². The molecule has 0 aliphatic carbocycles. The van der Waals surface area contributed by atoms with Gasteiger partial charge in [-0.3, -0.25) is 0 Å². The van der Waals surface area contributed by atoms with Crippen LogP contribution < -0.4 is 51.4 Å². The second kappa shape index (κ2) is 7.88. The minimum absolute atomic E-state index is 0. The van der Waals surface area contributed by atoms with Gasteiger partial charge in [-0.1, -0.05) is 0 Å². The van der Waals surface area contributed by atoms with Crippen LogP contribution in [-0.4, -0.2) is 60.4 Å². The van der Waals surface area contributed by atoms with E-state index in [1.807, 2.05) is 0 Å². The Morgan fingerprint density at radius 3 is 1.07 bits per heavy atom. The van der Waals surface area contributed by atoms with Crippen LogP contribution in [-0.2, 0) is 10.1 Å². The Morgan fingerprint density at radius 1 is 0.571 bits per heavy atom. The predicted molar refractivity (Wildman–Crippen MR) is 50.3 cm³/mol. The van der Waals surface area contributed by atoms with Crippen molar-refractivity contribution < 1.29 is 130 Å². The summed E-state index contributed by atoms with van der Waals surface area (Å²) in [6.45, 7) is -3.92. The summed E-state index contributed by atoms with van der Waals surface area (Å²) in [5.74, 6) is -48.5. The van der Waals surface area contributed by atoms with Crippen LogP contribution in [0.4, 0.5) is 65.9 Å². The van der Waals surface area contributed by atoms with E-state index in [9.17, 15) is 78.8 Å². The van der Waals surface area contributed by atoms with Gasteiger partial charge >= 0.3 is 92.2 Å². The van der Waals surface area contributed by atoms with Crippen LogP contribution >= 0.6 is 0 Å². The summed E-state index contributed by atoms with van der Waals surface area (Å²) in [4.78, 5) is 0. The molecule has 0 rings (SSSR count). The van der Waals surface area contributed by atoms with Crippen molar-refractivity contribution in [3.05, 3.63) is 0 Å². The predicted octanol–water partition coefficient (Wildman–Crippen LogP) is 0.910. The van der Waals surface area contributed by atoms with Gasteiger partial charge in [-0.25, -0.2) is 12.8 Å². The Morgan fingerprint density at radius 2 is 0.821 bits per heavy atom. The zero-order valence-electron chi connectivity index (χ0n) is 12.5. The molecular formula is C8H2F15KO3S. The van der Waals surface area contributed by atoms with Crippen LogP contribution in [0.25, 0.3) is 0 Å². The van der Waals surface area contributed by atoms with Gasteiger partial charge in [-0.2, -0.15) is 61.5 Å². The molecule has 0 aromatic rings. The molecule has 3 nitrogen and oxygen atoms in total. The van der Waals surface area contributed by atoms with Crippen LogP contribution in [0, 0.1) is 0 Å². The SMILES string of the molecule is O=S(=O)([O-])C(F)(F)C(F)(F)C(F)(F)C(F)(F)C(F)(F)C(F)(F)C(F)(F)CF.[K+]. The van der Waals surface area contributed by atoms with Crippen LogP contribution in [0.1, 0.15) is 0 Å². The van der Waals surface area contributed by atoms with E-state index in [-0.39, 0.29) is 51.4 Å². The fourth-order valence-corrected chi connectivity index (χ4v) is 1.69. The van der Waals surface area contributed by atoms with E-state index in [4.69, 9.17) is 0 Å². The van der Waals surface area contributed by atoms with Gasteiger partial charge in [-0.15, -0.1) is 0 Å². The van der Waals surface area contributed by atoms with E-state index in [1.165, 1.54) is 0 Å². The number of halogens is 15. The molecule has 20 heteroatoms. The van der Waals surface area contributed by atoms with Crippen LogP contribution in [0.15, 0.2) is 0 Å². The summed E-state index contributed by atoms with van der Waals surface area (Å²) < 4.78 is 220. The minimum atomic E-state index is -8.56. The van der Waals surface area contributed by atoms with E-state index < -0.39 is 57.6 Å². The molecule has 164 valence electrons. The molecule has 0 aliphatic rings. The fraction of sp³-hybridized carbons (Fsp3) is 1.00. The summed E-state index contributed by atoms with van der Waals surface area (Å²) in [5.41, 5.74) is 0. The second-order valence-electron chi connectivity index (χ2n) is 4.68. The molecule has 0 N–H and O–H groups in total. The first-order valence-electron chi connectivity index (χ1n) is 5.47. The van der Waals surface area contributed by atoms with Crippen LogP contribution in [0.3, 0.4) is 0 Å². The maximum Gasteiger partial charge on any atom is 1.00 e. The third-order valence-electron chi connectivity index (χ3n) is 2.88. The molecule has 0 saturated heterocycles. The Balaban J connectivity index is 0. The van der Waals surface area contributed by atoms with Crippen molar-refractivity contribution in [2.24, 2.45) is 0 Å². The van der Waals surface area contributed by atoms with Crippen molar-refractivity contribution in [2.45, 2.75) is 40.8 Å². The Labute approximate surface area is 186 Å². The van der Waals surface area contributed by atoms with Gasteiger partial charge in [0.2, 0.25) is 0 Å². The Bertz CT molecular complexity index is 673. The van der Waals surface area contributed by atoms with Gasteiger partial charge in [0.15, 0.2) is 16.8 Å². The Hall–Kier alpha value is 0.496. The molecule has 0 aromatic heterocycles. The monoisotopic (exact) mass is 502 g/mol. The van der Waals surface area contributed by atoms with E-state index in [2.05, 4.69) is 0 Å². The third kappa shape index (κ3) is 3.90. The van der Waals surface area contributed by atoms with E-state index in [0.717, 1.165) is 0 Å². The molecule has 0 amide bonds. The zero-order valence-corrected chi connectivity index (χ0v) is 16.4. The van der Waals surface area contributed by atoms with E-state index in [1.54, 1.807) is 0 Å². The number of rotatable bonds is 8. The molecular weight excluding hydrogens is 500 g/mol. The molecule has 0 fully saturated rings. The number of hydrogen-bond donors (Lipinski definition) is 0. The van der Waals surface area contributed by atoms with E-state index in [0.29, 0.717) is 0 Å². The van der Waals surface area contributed by atoms with Gasteiger partial charge in [0.25, 0.3) is 0 Å². The Kier molecular flexibility index (Phi) is 8.64.